The van der Waals surface area contributed by atoms with Gasteiger partial charge in [0.2, 0.25) is 0 Å². The molecule has 172 valence electrons. The molecule has 0 atom stereocenters. The predicted molar refractivity (Wildman–Crippen MR) is 128 cm³/mol. The Bertz CT molecular complexity index is 1060. The number of thiazole rings is 1. The van der Waals surface area contributed by atoms with Crippen LogP contribution in [0.2, 0.25) is 5.02 Å². The first-order valence-corrected chi connectivity index (χ1v) is 11.2. The first-order valence-electron chi connectivity index (χ1n) is 10.0. The lowest BCUT2D eigenvalue weighted by Gasteiger charge is -2.29. The van der Waals surface area contributed by atoms with E-state index in [4.69, 9.17) is 26.1 Å². The number of carbonyl (C=O) groups is 1. The number of anilines is 1. The van der Waals surface area contributed by atoms with Crippen LogP contribution in [0.15, 0.2) is 36.4 Å². The maximum absolute atomic E-state index is 13.1. The Hall–Kier alpha value is -1.97. The molecule has 2 aromatic carbocycles. The van der Waals surface area contributed by atoms with Crippen molar-refractivity contribution < 1.29 is 18.7 Å². The standard InChI is InChI=1S/C22H23ClFN3O3S.ClH/c1-15-12-16(23)13-19-21(15)25-22(31-19)27(7-6-26-8-10-29-11-9-26)20(28)14-30-18-4-2-17(24)3-5-18;/h2-5,12-13H,6-11,14H2,1H3;1H. The van der Waals surface area contributed by atoms with E-state index in [-0.39, 0.29) is 30.7 Å². The molecule has 1 aliphatic rings. The van der Waals surface area contributed by atoms with E-state index < -0.39 is 0 Å². The van der Waals surface area contributed by atoms with Gasteiger partial charge in [0.15, 0.2) is 11.7 Å². The summed E-state index contributed by atoms with van der Waals surface area (Å²) in [5, 5.41) is 1.26. The molecule has 0 bridgehead atoms. The third-order valence-electron chi connectivity index (χ3n) is 5.09. The van der Waals surface area contributed by atoms with Gasteiger partial charge < -0.3 is 9.47 Å². The zero-order chi connectivity index (χ0) is 21.8. The van der Waals surface area contributed by atoms with E-state index in [1.54, 1.807) is 4.90 Å². The molecule has 0 radical (unpaired) electrons. The van der Waals surface area contributed by atoms with E-state index in [1.807, 2.05) is 19.1 Å². The topological polar surface area (TPSA) is 54.9 Å². The number of amides is 1. The van der Waals surface area contributed by atoms with Gasteiger partial charge in [0.05, 0.1) is 23.4 Å². The second-order valence-corrected chi connectivity index (χ2v) is 8.75. The van der Waals surface area contributed by atoms with E-state index in [2.05, 4.69) is 4.90 Å². The number of carbonyl (C=O) groups excluding carboxylic acids is 1. The summed E-state index contributed by atoms with van der Waals surface area (Å²) < 4.78 is 25.1. The van der Waals surface area contributed by atoms with Crippen LogP contribution >= 0.6 is 35.3 Å². The Kier molecular flexibility index (Phi) is 8.67. The number of halogens is 3. The van der Waals surface area contributed by atoms with Gasteiger partial charge in [-0.1, -0.05) is 22.9 Å². The molecule has 0 spiro atoms. The molecule has 6 nitrogen and oxygen atoms in total. The van der Waals surface area contributed by atoms with Crippen LogP contribution in [-0.2, 0) is 9.53 Å². The number of morpholine rings is 1. The van der Waals surface area contributed by atoms with Crippen LogP contribution < -0.4 is 9.64 Å². The number of hydrogen-bond acceptors (Lipinski definition) is 6. The summed E-state index contributed by atoms with van der Waals surface area (Å²) >= 11 is 7.63. The van der Waals surface area contributed by atoms with Gasteiger partial charge in [-0.25, -0.2) is 9.37 Å². The zero-order valence-corrected chi connectivity index (χ0v) is 19.9. The first kappa shape index (κ1) is 24.7. The van der Waals surface area contributed by atoms with Gasteiger partial charge in [-0.2, -0.15) is 0 Å². The van der Waals surface area contributed by atoms with Gasteiger partial charge in [-0.05, 0) is 48.9 Å². The fraction of sp³-hybridized carbons (Fsp3) is 0.364. The summed E-state index contributed by atoms with van der Waals surface area (Å²) in [5.41, 5.74) is 1.81. The minimum Gasteiger partial charge on any atom is -0.484 e. The van der Waals surface area contributed by atoms with E-state index >= 15 is 0 Å². The van der Waals surface area contributed by atoms with Crippen molar-refractivity contribution in [1.29, 1.82) is 0 Å². The van der Waals surface area contributed by atoms with Gasteiger partial charge in [-0.3, -0.25) is 14.6 Å². The predicted octanol–water partition coefficient (Wildman–Crippen LogP) is 4.56. The van der Waals surface area contributed by atoms with Crippen LogP contribution in [0.3, 0.4) is 0 Å². The summed E-state index contributed by atoms with van der Waals surface area (Å²) in [6.45, 7) is 6.05. The van der Waals surface area contributed by atoms with Crippen molar-refractivity contribution in [3.8, 4) is 5.75 Å². The van der Waals surface area contributed by atoms with Crippen LogP contribution in [0.4, 0.5) is 9.52 Å². The molecule has 0 N–H and O–H groups in total. The highest BCUT2D eigenvalue weighted by molar-refractivity contribution is 7.22. The van der Waals surface area contributed by atoms with Crippen LogP contribution in [0.1, 0.15) is 5.56 Å². The molecule has 10 heteroatoms. The molecule has 2 heterocycles. The van der Waals surface area contributed by atoms with Crippen molar-refractivity contribution >= 4 is 56.6 Å². The molecule has 1 fully saturated rings. The number of aromatic nitrogens is 1. The number of rotatable bonds is 7. The minimum absolute atomic E-state index is 0. The first-order chi connectivity index (χ1) is 15.0. The Labute approximate surface area is 201 Å². The minimum atomic E-state index is -0.352. The molecular formula is C22H24Cl2FN3O3S. The summed E-state index contributed by atoms with van der Waals surface area (Å²) in [5.74, 6) is -0.121. The summed E-state index contributed by atoms with van der Waals surface area (Å²) in [4.78, 5) is 21.8. The number of hydrogen-bond donors (Lipinski definition) is 0. The molecular weight excluding hydrogens is 476 g/mol. The smallest absolute Gasteiger partial charge is 0.266 e. The molecule has 0 saturated carbocycles. The molecule has 1 aliphatic heterocycles. The highest BCUT2D eigenvalue weighted by Gasteiger charge is 2.22. The van der Waals surface area contributed by atoms with Crippen LogP contribution in [-0.4, -0.2) is 61.8 Å². The summed E-state index contributed by atoms with van der Waals surface area (Å²) in [6, 6.07) is 9.34. The summed E-state index contributed by atoms with van der Waals surface area (Å²) in [6.07, 6.45) is 0. The Morgan fingerprint density at radius 2 is 2.00 bits per heavy atom. The van der Waals surface area contributed by atoms with Crippen molar-refractivity contribution in [3.63, 3.8) is 0 Å². The lowest BCUT2D eigenvalue weighted by atomic mass is 10.2. The summed E-state index contributed by atoms with van der Waals surface area (Å²) in [7, 11) is 0. The van der Waals surface area contributed by atoms with Gasteiger partial charge in [0.25, 0.3) is 5.91 Å². The monoisotopic (exact) mass is 499 g/mol. The van der Waals surface area contributed by atoms with Crippen molar-refractivity contribution in [2.24, 2.45) is 0 Å². The molecule has 3 aromatic rings. The highest BCUT2D eigenvalue weighted by atomic mass is 35.5. The van der Waals surface area contributed by atoms with E-state index in [1.165, 1.54) is 35.6 Å². The maximum Gasteiger partial charge on any atom is 0.266 e. The molecule has 0 unspecified atom stereocenters. The molecule has 1 aromatic heterocycles. The second-order valence-electron chi connectivity index (χ2n) is 7.31. The number of aryl methyl sites for hydroxylation is 1. The van der Waals surface area contributed by atoms with Crippen molar-refractivity contribution in [2.45, 2.75) is 6.92 Å². The molecule has 1 amide bonds. The van der Waals surface area contributed by atoms with Crippen molar-refractivity contribution in [2.75, 3.05) is 50.9 Å². The van der Waals surface area contributed by atoms with Gasteiger partial charge >= 0.3 is 0 Å². The number of benzene rings is 2. The lowest BCUT2D eigenvalue weighted by Crippen LogP contribution is -2.44. The van der Waals surface area contributed by atoms with Crippen LogP contribution in [0.5, 0.6) is 5.75 Å². The van der Waals surface area contributed by atoms with E-state index in [9.17, 15) is 9.18 Å². The van der Waals surface area contributed by atoms with Crippen molar-refractivity contribution in [3.05, 3.63) is 52.8 Å². The van der Waals surface area contributed by atoms with Gasteiger partial charge in [0, 0.05) is 31.2 Å². The SMILES string of the molecule is Cc1cc(Cl)cc2sc(N(CCN3CCOCC3)C(=O)COc3ccc(F)cc3)nc12.Cl. The third kappa shape index (κ3) is 6.08. The third-order valence-corrected chi connectivity index (χ3v) is 6.33. The Morgan fingerprint density at radius 3 is 2.72 bits per heavy atom. The van der Waals surface area contributed by atoms with Crippen LogP contribution in [0.25, 0.3) is 10.2 Å². The number of ether oxygens (including phenoxy) is 2. The quantitative estimate of drug-likeness (QED) is 0.476. The molecule has 0 aliphatic carbocycles. The van der Waals surface area contributed by atoms with E-state index in [0.717, 1.165) is 28.9 Å². The largest absolute Gasteiger partial charge is 0.484 e. The van der Waals surface area contributed by atoms with Crippen molar-refractivity contribution in [1.82, 2.24) is 9.88 Å². The number of nitrogens with zero attached hydrogens (tertiary/aromatic N) is 3. The molecule has 1 saturated heterocycles. The van der Waals surface area contributed by atoms with Gasteiger partial charge in [-0.15, -0.1) is 12.4 Å². The lowest BCUT2D eigenvalue weighted by molar-refractivity contribution is -0.120. The average molecular weight is 500 g/mol. The Balaban J connectivity index is 0.00000289. The highest BCUT2D eigenvalue weighted by Crippen LogP contribution is 2.33. The molecule has 4 rings (SSSR count). The number of fused-ring (bicyclic) bond motifs is 1. The fourth-order valence-corrected chi connectivity index (χ4v) is 4.87. The second kappa shape index (κ2) is 11.2. The van der Waals surface area contributed by atoms with Crippen LogP contribution in [0, 0.1) is 12.7 Å². The van der Waals surface area contributed by atoms with E-state index in [0.29, 0.717) is 42.2 Å². The molecule has 32 heavy (non-hydrogen) atoms. The average Bonchev–Trinajstić information content (AvgIpc) is 3.18. The zero-order valence-electron chi connectivity index (χ0n) is 17.6. The maximum atomic E-state index is 13.1. The fourth-order valence-electron chi connectivity index (χ4n) is 3.41. The normalized spacial score (nSPS) is 14.2. The Morgan fingerprint density at radius 1 is 1.28 bits per heavy atom. The van der Waals surface area contributed by atoms with Gasteiger partial charge in [0.1, 0.15) is 11.6 Å².